The first-order valence-electron chi connectivity index (χ1n) is 13.9. The summed E-state index contributed by atoms with van der Waals surface area (Å²) >= 11 is 1.64. The molecule has 1 unspecified atom stereocenters. The zero-order chi connectivity index (χ0) is 27.9. The molecule has 0 amide bonds. The second-order valence-electron chi connectivity index (χ2n) is 10.0. The maximum absolute atomic E-state index is 6.73. The summed E-state index contributed by atoms with van der Waals surface area (Å²) in [7, 11) is 1.67. The number of thioether (sulfide) groups is 1. The third kappa shape index (κ3) is 7.01. The fraction of sp³-hybridized carbons (Fsp3) is 0.294. The predicted molar refractivity (Wildman–Crippen MR) is 158 cm³/mol. The Morgan fingerprint density at radius 3 is 1.98 bits per heavy atom. The summed E-state index contributed by atoms with van der Waals surface area (Å²) < 4.78 is 38.2. The van der Waals surface area contributed by atoms with E-state index in [-0.39, 0.29) is 17.6 Å². The molecule has 2 saturated heterocycles. The topological polar surface area (TPSA) is 55.4 Å². The van der Waals surface area contributed by atoms with E-state index >= 15 is 0 Å². The van der Waals surface area contributed by atoms with Gasteiger partial charge in [0.15, 0.2) is 6.29 Å². The number of hydrogen-bond donors (Lipinski definition) is 0. The van der Waals surface area contributed by atoms with Gasteiger partial charge in [0.1, 0.15) is 35.6 Å². The molecule has 41 heavy (non-hydrogen) atoms. The number of fused-ring (bicyclic) bond motifs is 1. The molecule has 4 aromatic rings. The SMILES string of the molecule is COc1ccc(CO[C@@H]2[C@H](OCc3ccccc3)[C@@H](Sc3ccccc3)O[C@@H]3COC(c4ccccc4)O[C@@H]23)cc1. The van der Waals surface area contributed by atoms with Gasteiger partial charge in [-0.15, -0.1) is 0 Å². The van der Waals surface area contributed by atoms with E-state index in [0.717, 1.165) is 27.3 Å². The van der Waals surface area contributed by atoms with Gasteiger partial charge in [0.2, 0.25) is 0 Å². The summed E-state index contributed by atoms with van der Waals surface area (Å²) in [5.41, 5.74) is 2.75. The van der Waals surface area contributed by atoms with E-state index in [1.54, 1.807) is 18.9 Å². The van der Waals surface area contributed by atoms with Crippen molar-refractivity contribution in [3.8, 4) is 5.75 Å². The molecular weight excluding hydrogens is 536 g/mol. The van der Waals surface area contributed by atoms with Crippen LogP contribution < -0.4 is 4.74 Å². The number of rotatable bonds is 10. The molecule has 0 aliphatic carbocycles. The zero-order valence-electron chi connectivity index (χ0n) is 22.9. The van der Waals surface area contributed by atoms with Crippen molar-refractivity contribution in [1.82, 2.24) is 0 Å². The molecule has 6 nitrogen and oxygen atoms in total. The second-order valence-corrected chi connectivity index (χ2v) is 11.2. The first-order valence-corrected chi connectivity index (χ1v) is 14.7. The Morgan fingerprint density at radius 1 is 0.683 bits per heavy atom. The number of ether oxygens (including phenoxy) is 6. The normalized spacial score (nSPS) is 25.8. The van der Waals surface area contributed by atoms with Crippen molar-refractivity contribution < 1.29 is 28.4 Å². The van der Waals surface area contributed by atoms with Gasteiger partial charge in [-0.05, 0) is 35.4 Å². The van der Waals surface area contributed by atoms with Gasteiger partial charge in [-0.2, -0.15) is 0 Å². The van der Waals surface area contributed by atoms with Crippen molar-refractivity contribution in [3.05, 3.63) is 132 Å². The highest BCUT2D eigenvalue weighted by atomic mass is 32.2. The molecule has 212 valence electrons. The molecule has 6 rings (SSSR count). The predicted octanol–water partition coefficient (Wildman–Crippen LogP) is 6.80. The zero-order valence-corrected chi connectivity index (χ0v) is 23.7. The number of hydrogen-bond acceptors (Lipinski definition) is 7. The molecule has 6 atom stereocenters. The van der Waals surface area contributed by atoms with E-state index in [0.29, 0.717) is 19.8 Å². The van der Waals surface area contributed by atoms with Gasteiger partial charge in [-0.25, -0.2) is 0 Å². The van der Waals surface area contributed by atoms with Crippen molar-refractivity contribution in [1.29, 1.82) is 0 Å². The van der Waals surface area contributed by atoms with Crippen LogP contribution in [0.1, 0.15) is 23.0 Å². The minimum Gasteiger partial charge on any atom is -0.497 e. The van der Waals surface area contributed by atoms with E-state index in [1.165, 1.54) is 0 Å². The Bertz CT molecular complexity index is 1340. The average Bonchev–Trinajstić information content (AvgIpc) is 3.04. The lowest BCUT2D eigenvalue weighted by atomic mass is 9.98. The van der Waals surface area contributed by atoms with E-state index in [2.05, 4.69) is 24.3 Å². The van der Waals surface area contributed by atoms with Gasteiger partial charge in [-0.3, -0.25) is 0 Å². The van der Waals surface area contributed by atoms with Gasteiger partial charge < -0.3 is 28.4 Å². The summed E-state index contributed by atoms with van der Waals surface area (Å²) in [4.78, 5) is 1.10. The van der Waals surface area contributed by atoms with E-state index in [9.17, 15) is 0 Å². The molecule has 0 radical (unpaired) electrons. The molecule has 2 aliphatic heterocycles. The average molecular weight is 571 g/mol. The largest absolute Gasteiger partial charge is 0.497 e. The molecule has 7 heteroatoms. The standard InChI is InChI=1S/C34H34O6S/c1-35-27-19-17-25(18-20-27)22-36-31-30-29(23-38-33(40-30)26-13-7-3-8-14-26)39-34(41-28-15-9-4-10-16-28)32(31)37-21-24-11-5-2-6-12-24/h2-20,29-34H,21-23H2,1H3/t29-,30-,31+,32+,33?,34-/m1/s1. The van der Waals surface area contributed by atoms with Crippen molar-refractivity contribution in [3.63, 3.8) is 0 Å². The smallest absolute Gasteiger partial charge is 0.184 e. The lowest BCUT2D eigenvalue weighted by Gasteiger charge is -2.49. The maximum Gasteiger partial charge on any atom is 0.184 e. The fourth-order valence-corrected chi connectivity index (χ4v) is 6.25. The molecule has 0 saturated carbocycles. The molecule has 0 aromatic heterocycles. The van der Waals surface area contributed by atoms with Crippen LogP contribution in [0.4, 0.5) is 0 Å². The van der Waals surface area contributed by atoms with Gasteiger partial charge in [-0.1, -0.05) is 103 Å². The summed E-state index contributed by atoms with van der Waals surface area (Å²) in [5.74, 6) is 0.807. The summed E-state index contributed by atoms with van der Waals surface area (Å²) in [6.45, 7) is 1.22. The highest BCUT2D eigenvalue weighted by Gasteiger charge is 2.51. The lowest BCUT2D eigenvalue weighted by molar-refractivity contribution is -0.329. The van der Waals surface area contributed by atoms with Crippen LogP contribution in [0, 0.1) is 0 Å². The minimum absolute atomic E-state index is 0.311. The minimum atomic E-state index is -0.513. The van der Waals surface area contributed by atoms with Crippen LogP contribution in [0.5, 0.6) is 5.75 Å². The van der Waals surface area contributed by atoms with Crippen LogP contribution in [0.15, 0.2) is 120 Å². The fourth-order valence-electron chi connectivity index (χ4n) is 5.10. The lowest BCUT2D eigenvalue weighted by Crippen LogP contribution is -2.62. The van der Waals surface area contributed by atoms with Crippen LogP contribution in [0.3, 0.4) is 0 Å². The van der Waals surface area contributed by atoms with E-state index in [4.69, 9.17) is 28.4 Å². The highest BCUT2D eigenvalue weighted by Crippen LogP contribution is 2.41. The van der Waals surface area contributed by atoms with Gasteiger partial charge in [0.05, 0.1) is 26.9 Å². The molecule has 0 bridgehead atoms. The van der Waals surface area contributed by atoms with Crippen molar-refractivity contribution in [2.75, 3.05) is 13.7 Å². The van der Waals surface area contributed by atoms with Gasteiger partial charge >= 0.3 is 0 Å². The molecule has 4 aromatic carbocycles. The molecule has 0 N–H and O–H groups in total. The molecular formula is C34H34O6S. The molecule has 2 heterocycles. The van der Waals surface area contributed by atoms with Crippen LogP contribution in [0.2, 0.25) is 0 Å². The molecule has 2 aliphatic rings. The summed E-state index contributed by atoms with van der Waals surface area (Å²) in [6.07, 6.45) is -2.03. The summed E-state index contributed by atoms with van der Waals surface area (Å²) in [5, 5.41) is 0. The Labute approximate surface area is 245 Å². The van der Waals surface area contributed by atoms with Crippen LogP contribution >= 0.6 is 11.8 Å². The Balaban J connectivity index is 1.29. The molecule has 2 fully saturated rings. The van der Waals surface area contributed by atoms with Gasteiger partial charge in [0, 0.05) is 10.5 Å². The van der Waals surface area contributed by atoms with Crippen LogP contribution in [-0.4, -0.2) is 43.6 Å². The Hall–Kier alpha value is -3.17. The monoisotopic (exact) mass is 570 g/mol. The quantitative estimate of drug-likeness (QED) is 0.208. The summed E-state index contributed by atoms with van der Waals surface area (Å²) in [6, 6.07) is 38.3. The molecule has 0 spiro atoms. The number of methoxy groups -OCH3 is 1. The van der Waals surface area contributed by atoms with Crippen LogP contribution in [0.25, 0.3) is 0 Å². The van der Waals surface area contributed by atoms with Crippen molar-refractivity contribution in [2.24, 2.45) is 0 Å². The third-order valence-electron chi connectivity index (χ3n) is 7.24. The first-order chi connectivity index (χ1) is 20.3. The highest BCUT2D eigenvalue weighted by molar-refractivity contribution is 7.99. The van der Waals surface area contributed by atoms with Gasteiger partial charge in [0.25, 0.3) is 0 Å². The van der Waals surface area contributed by atoms with E-state index < -0.39 is 18.5 Å². The Kier molecular flexibility index (Phi) is 9.32. The van der Waals surface area contributed by atoms with Crippen LogP contribution in [-0.2, 0) is 36.9 Å². The van der Waals surface area contributed by atoms with Crippen molar-refractivity contribution in [2.45, 2.75) is 54.3 Å². The van der Waals surface area contributed by atoms with E-state index in [1.807, 2.05) is 91.0 Å². The third-order valence-corrected chi connectivity index (χ3v) is 8.39. The maximum atomic E-state index is 6.73. The first kappa shape index (κ1) is 28.0. The Morgan fingerprint density at radius 2 is 1.29 bits per heavy atom. The van der Waals surface area contributed by atoms with Crippen molar-refractivity contribution >= 4 is 11.8 Å². The second kappa shape index (κ2) is 13.7. The number of benzene rings is 4.